The minimum absolute atomic E-state index is 0.0876. The summed E-state index contributed by atoms with van der Waals surface area (Å²) >= 11 is 5.62. The van der Waals surface area contributed by atoms with Crippen molar-refractivity contribution in [2.75, 3.05) is 6.54 Å². The van der Waals surface area contributed by atoms with Gasteiger partial charge in [-0.05, 0) is 38.5 Å². The average molecular weight is 273 g/mol. The Morgan fingerprint density at radius 1 is 1.56 bits per heavy atom. The van der Waals surface area contributed by atoms with Gasteiger partial charge in [-0.25, -0.2) is 4.39 Å². The van der Waals surface area contributed by atoms with E-state index >= 15 is 0 Å². The second kappa shape index (κ2) is 5.67. The van der Waals surface area contributed by atoms with E-state index in [0.717, 1.165) is 5.56 Å². The second-order valence-corrected chi connectivity index (χ2v) is 5.43. The molecule has 1 rings (SSSR count). The van der Waals surface area contributed by atoms with Gasteiger partial charge in [0, 0.05) is 12.6 Å². The Labute approximate surface area is 112 Å². The first-order valence-corrected chi connectivity index (χ1v) is 6.10. The summed E-state index contributed by atoms with van der Waals surface area (Å²) in [6, 6.07) is 4.57. The third-order valence-corrected chi connectivity index (χ3v) is 3.27. The zero-order valence-electron chi connectivity index (χ0n) is 10.8. The summed E-state index contributed by atoms with van der Waals surface area (Å²) in [6.45, 7) is 5.84. The van der Waals surface area contributed by atoms with E-state index in [1.807, 2.05) is 6.92 Å². The van der Waals surface area contributed by atoms with Crippen LogP contribution in [0.15, 0.2) is 18.2 Å². The number of benzene rings is 1. The Morgan fingerprint density at radius 3 is 2.67 bits per heavy atom. The fourth-order valence-corrected chi connectivity index (χ4v) is 1.51. The summed E-state index contributed by atoms with van der Waals surface area (Å²) in [5.41, 5.74) is 5.42. The molecule has 1 amide bonds. The molecule has 0 heterocycles. The summed E-state index contributed by atoms with van der Waals surface area (Å²) < 4.78 is 13.3. The Bertz CT molecular complexity index is 449. The normalized spacial score (nSPS) is 13.4. The quantitative estimate of drug-likeness (QED) is 0.866. The maximum absolute atomic E-state index is 13.3. The van der Waals surface area contributed by atoms with Gasteiger partial charge in [0.2, 0.25) is 5.91 Å². The summed E-state index contributed by atoms with van der Waals surface area (Å²) in [4.78, 5) is 11.2. The van der Waals surface area contributed by atoms with E-state index < -0.39 is 11.2 Å². The van der Waals surface area contributed by atoms with E-state index in [4.69, 9.17) is 17.3 Å². The highest BCUT2D eigenvalue weighted by atomic mass is 35.5. The van der Waals surface area contributed by atoms with Crippen molar-refractivity contribution in [3.8, 4) is 0 Å². The molecule has 0 aliphatic carbocycles. The van der Waals surface area contributed by atoms with Crippen LogP contribution in [0.25, 0.3) is 0 Å². The summed E-state index contributed by atoms with van der Waals surface area (Å²) in [6.07, 6.45) is 0. The number of rotatable bonds is 5. The zero-order valence-corrected chi connectivity index (χ0v) is 11.5. The van der Waals surface area contributed by atoms with Gasteiger partial charge >= 0.3 is 0 Å². The van der Waals surface area contributed by atoms with E-state index in [1.165, 1.54) is 12.1 Å². The van der Waals surface area contributed by atoms with Gasteiger partial charge in [0.05, 0.1) is 10.4 Å². The molecule has 1 aromatic rings. The molecule has 1 aromatic carbocycles. The van der Waals surface area contributed by atoms with E-state index in [-0.39, 0.29) is 17.0 Å². The Hall–Kier alpha value is -1.13. The molecule has 0 saturated carbocycles. The number of halogens is 2. The number of carbonyl (C=O) groups is 1. The van der Waals surface area contributed by atoms with Gasteiger partial charge in [0.1, 0.15) is 5.82 Å². The van der Waals surface area contributed by atoms with E-state index in [2.05, 4.69) is 5.32 Å². The molecule has 1 atom stereocenters. The monoisotopic (exact) mass is 272 g/mol. The van der Waals surface area contributed by atoms with Crippen LogP contribution in [0.3, 0.4) is 0 Å². The van der Waals surface area contributed by atoms with E-state index in [9.17, 15) is 9.18 Å². The van der Waals surface area contributed by atoms with E-state index in [1.54, 1.807) is 19.9 Å². The Morgan fingerprint density at radius 2 is 2.17 bits per heavy atom. The van der Waals surface area contributed by atoms with Gasteiger partial charge in [-0.2, -0.15) is 0 Å². The molecular weight excluding hydrogens is 255 g/mol. The third kappa shape index (κ3) is 3.68. The predicted octanol–water partition coefficient (Wildman–Crippen LogP) is 2.64. The molecule has 0 spiro atoms. The third-order valence-electron chi connectivity index (χ3n) is 2.96. The van der Waals surface area contributed by atoms with Crippen molar-refractivity contribution in [2.45, 2.75) is 26.8 Å². The van der Waals surface area contributed by atoms with Crippen LogP contribution >= 0.6 is 11.6 Å². The molecule has 5 heteroatoms. The molecule has 0 saturated heterocycles. The van der Waals surface area contributed by atoms with Crippen LogP contribution in [0, 0.1) is 11.2 Å². The lowest BCUT2D eigenvalue weighted by Gasteiger charge is -2.24. The molecular formula is C13H18ClFN2O. The molecule has 0 aliphatic heterocycles. The summed E-state index contributed by atoms with van der Waals surface area (Å²) in [5, 5.41) is 3.26. The first-order chi connectivity index (χ1) is 8.24. The van der Waals surface area contributed by atoms with E-state index in [0.29, 0.717) is 6.54 Å². The SMILES string of the molecule is CC(NCC(C)(C)C(N)=O)c1ccc(Cl)c(F)c1. The Kier molecular flexibility index (Phi) is 4.71. The first-order valence-electron chi connectivity index (χ1n) is 5.72. The molecule has 3 nitrogen and oxygen atoms in total. The number of amides is 1. The number of nitrogens with one attached hydrogen (secondary N) is 1. The van der Waals surface area contributed by atoms with Crippen molar-refractivity contribution < 1.29 is 9.18 Å². The van der Waals surface area contributed by atoms with Gasteiger partial charge in [0.15, 0.2) is 0 Å². The topological polar surface area (TPSA) is 55.1 Å². The highest BCUT2D eigenvalue weighted by molar-refractivity contribution is 6.30. The molecule has 0 aromatic heterocycles. The van der Waals surface area contributed by atoms with Crippen molar-refractivity contribution in [1.82, 2.24) is 5.32 Å². The minimum atomic E-state index is -0.640. The lowest BCUT2D eigenvalue weighted by atomic mass is 9.92. The van der Waals surface area contributed by atoms with Gasteiger partial charge < -0.3 is 11.1 Å². The summed E-state index contributed by atoms with van der Waals surface area (Å²) in [7, 11) is 0. The number of hydrogen-bond donors (Lipinski definition) is 2. The zero-order chi connectivity index (χ0) is 13.9. The maximum atomic E-state index is 13.3. The number of hydrogen-bond acceptors (Lipinski definition) is 2. The van der Waals surface area contributed by atoms with Crippen LogP contribution in [0.1, 0.15) is 32.4 Å². The molecule has 100 valence electrons. The van der Waals surface area contributed by atoms with Crippen LogP contribution in [0.2, 0.25) is 5.02 Å². The number of carbonyl (C=O) groups excluding carboxylic acids is 1. The number of primary amides is 1. The first kappa shape index (κ1) is 14.9. The predicted molar refractivity (Wildman–Crippen MR) is 70.8 cm³/mol. The smallest absolute Gasteiger partial charge is 0.224 e. The fourth-order valence-electron chi connectivity index (χ4n) is 1.39. The summed E-state index contributed by atoms with van der Waals surface area (Å²) in [5.74, 6) is -0.818. The van der Waals surface area contributed by atoms with Crippen molar-refractivity contribution in [2.24, 2.45) is 11.1 Å². The van der Waals surface area contributed by atoms with Crippen molar-refractivity contribution in [3.63, 3.8) is 0 Å². The molecule has 18 heavy (non-hydrogen) atoms. The number of nitrogens with two attached hydrogens (primary N) is 1. The molecule has 1 unspecified atom stereocenters. The van der Waals surface area contributed by atoms with Gasteiger partial charge in [-0.3, -0.25) is 4.79 Å². The van der Waals surface area contributed by atoms with Gasteiger partial charge in [0.25, 0.3) is 0 Å². The molecule has 0 fully saturated rings. The second-order valence-electron chi connectivity index (χ2n) is 5.02. The fraction of sp³-hybridized carbons (Fsp3) is 0.462. The largest absolute Gasteiger partial charge is 0.369 e. The van der Waals surface area contributed by atoms with Crippen LogP contribution < -0.4 is 11.1 Å². The molecule has 0 radical (unpaired) electrons. The van der Waals surface area contributed by atoms with Gasteiger partial charge in [-0.15, -0.1) is 0 Å². The molecule has 3 N–H and O–H groups in total. The van der Waals surface area contributed by atoms with Crippen molar-refractivity contribution >= 4 is 17.5 Å². The lowest BCUT2D eigenvalue weighted by molar-refractivity contribution is -0.125. The maximum Gasteiger partial charge on any atom is 0.224 e. The van der Waals surface area contributed by atoms with Crippen molar-refractivity contribution in [3.05, 3.63) is 34.6 Å². The minimum Gasteiger partial charge on any atom is -0.369 e. The molecule has 0 aliphatic rings. The highest BCUT2D eigenvalue weighted by Gasteiger charge is 2.25. The van der Waals surface area contributed by atoms with Crippen LogP contribution in [-0.2, 0) is 4.79 Å². The Balaban J connectivity index is 2.68. The van der Waals surface area contributed by atoms with Crippen LogP contribution in [0.5, 0.6) is 0 Å². The standard InChI is InChI=1S/C13H18ClFN2O/c1-8(17-7-13(2,3)12(16)18)9-4-5-10(14)11(15)6-9/h4-6,8,17H,7H2,1-3H3,(H2,16,18). The highest BCUT2D eigenvalue weighted by Crippen LogP contribution is 2.21. The van der Waals surface area contributed by atoms with Crippen molar-refractivity contribution in [1.29, 1.82) is 0 Å². The van der Waals surface area contributed by atoms with Crippen LogP contribution in [0.4, 0.5) is 4.39 Å². The lowest BCUT2D eigenvalue weighted by Crippen LogP contribution is -2.41. The van der Waals surface area contributed by atoms with Gasteiger partial charge in [-0.1, -0.05) is 17.7 Å². The molecule has 0 bridgehead atoms. The van der Waals surface area contributed by atoms with Crippen LogP contribution in [-0.4, -0.2) is 12.5 Å². The average Bonchev–Trinajstić information content (AvgIpc) is 2.29.